The van der Waals surface area contributed by atoms with Crippen molar-refractivity contribution in [2.45, 2.75) is 169 Å². The molecule has 4 heterocycles. The van der Waals surface area contributed by atoms with Gasteiger partial charge in [-0.2, -0.15) is 0 Å². The highest BCUT2D eigenvalue weighted by Gasteiger charge is 2.22. The molecule has 0 saturated carbocycles. The van der Waals surface area contributed by atoms with Crippen molar-refractivity contribution in [2.24, 2.45) is 51.9 Å². The minimum absolute atomic E-state index is 0.0551. The molecule has 8 aromatic rings. The lowest BCUT2D eigenvalue weighted by Crippen LogP contribution is -2.32. The van der Waals surface area contributed by atoms with Crippen LogP contribution >= 0.6 is 0 Å². The van der Waals surface area contributed by atoms with Gasteiger partial charge in [0.15, 0.2) is 24.8 Å². The van der Waals surface area contributed by atoms with Crippen molar-refractivity contribution in [3.05, 3.63) is 212 Å². The summed E-state index contributed by atoms with van der Waals surface area (Å²) in [6.07, 6.45) is 1.51. The molecule has 4 nitrogen and oxygen atoms in total. The number of benzene rings is 4. The maximum absolute atomic E-state index is 8.66. The molecule has 430 valence electrons. The van der Waals surface area contributed by atoms with Crippen LogP contribution in [0.25, 0.3) is 45.0 Å². The average molecular weight is 1100 g/mol. The number of nitrogens with zero attached hydrogens (tertiary/aromatic N) is 4. The van der Waals surface area contributed by atoms with E-state index in [-0.39, 0.29) is 23.7 Å². The smallest absolute Gasteiger partial charge is 0.201 e. The molecule has 0 saturated heterocycles. The van der Waals surface area contributed by atoms with Crippen molar-refractivity contribution in [2.75, 3.05) is 0 Å². The van der Waals surface area contributed by atoms with E-state index in [9.17, 15) is 0 Å². The van der Waals surface area contributed by atoms with Gasteiger partial charge in [0.1, 0.15) is 28.2 Å². The van der Waals surface area contributed by atoms with Crippen molar-refractivity contribution >= 4 is 0 Å². The third-order valence-electron chi connectivity index (χ3n) is 13.9. The fraction of sp³-hybridized carbons (Fsp3) is 0.429. The van der Waals surface area contributed by atoms with E-state index >= 15 is 0 Å². The van der Waals surface area contributed by atoms with Crippen LogP contribution in [0.15, 0.2) is 140 Å². The predicted molar refractivity (Wildman–Crippen MR) is 348 cm³/mol. The standard InChI is InChI=1S/C21H30N.C20H28N.2C18H24N/c1-15(2)11-18-13-21(20-10-8-7-9-17(20)5)22(6)14-19(18)12-16(3)4;1-13(2)18-11-20(21(7)12-19(18)14(3)4)17-9-8-15(5)10-16(17)6;1-13(2)10-16-7-9-18(19(5)12-16)17-8-6-14(3)11-15(17)4;1-13(2)10-16-12-19(5)18(11-15(16)4)17-9-7-6-8-14(17)3/h7-10,13-16H,11-12H2,1-6H3;8-14H,1-7H3;2*6-9,11-13H,10H2,1-5H3/q4*+1/i11D2,12D2;5D3,13D,14D;3D3,10D2;10D2. The van der Waals surface area contributed by atoms with Crippen LogP contribution < -0.4 is 18.3 Å². The molecule has 0 bridgehead atoms. The zero-order chi connectivity index (χ0) is 74.0. The summed E-state index contributed by atoms with van der Waals surface area (Å²) in [5, 5.41) is 0. The molecule has 8 rings (SSSR count). The third kappa shape index (κ3) is 18.5. The lowest BCUT2D eigenvalue weighted by molar-refractivity contribution is -0.661. The highest BCUT2D eigenvalue weighted by molar-refractivity contribution is 5.65. The Balaban J connectivity index is 0.000000234. The monoisotopic (exact) mass is 1100 g/mol. The molecule has 4 aromatic heterocycles. The minimum atomic E-state index is -2.13. The zero-order valence-corrected chi connectivity index (χ0v) is 52.9. The molecule has 0 atom stereocenters. The normalized spacial score (nSPS) is 15.5. The first-order valence-corrected chi connectivity index (χ1v) is 28.7. The van der Waals surface area contributed by atoms with Gasteiger partial charge in [-0.1, -0.05) is 155 Å². The molecule has 81 heavy (non-hydrogen) atoms. The van der Waals surface area contributed by atoms with Gasteiger partial charge in [-0.25, -0.2) is 18.3 Å². The Morgan fingerprint density at radius 2 is 0.765 bits per heavy atom. The maximum Gasteiger partial charge on any atom is 0.212 e. The molecule has 0 spiro atoms. The molecule has 4 heteroatoms. The fourth-order valence-corrected chi connectivity index (χ4v) is 9.91. The van der Waals surface area contributed by atoms with Gasteiger partial charge < -0.3 is 0 Å². The Bertz CT molecular complexity index is 4070. The Hall–Kier alpha value is -6.52. The number of hydrogen-bond acceptors (Lipinski definition) is 0. The predicted octanol–water partition coefficient (Wildman–Crippen LogP) is 17.9. The van der Waals surface area contributed by atoms with Gasteiger partial charge in [-0.3, -0.25) is 0 Å². The van der Waals surface area contributed by atoms with Crippen LogP contribution in [0.2, 0.25) is 0 Å². The quantitative estimate of drug-likeness (QED) is 0.0965. The summed E-state index contributed by atoms with van der Waals surface area (Å²) >= 11 is 0. The molecular formula is C77H106N4+4. The van der Waals surface area contributed by atoms with Crippen LogP contribution in [0.1, 0.15) is 189 Å². The highest BCUT2D eigenvalue weighted by atomic mass is 14.9. The Morgan fingerprint density at radius 1 is 0.358 bits per heavy atom. The topological polar surface area (TPSA) is 15.5 Å². The van der Waals surface area contributed by atoms with Crippen molar-refractivity contribution in [1.29, 1.82) is 0 Å². The van der Waals surface area contributed by atoms with E-state index in [4.69, 9.17) is 21.9 Å². The van der Waals surface area contributed by atoms with Crippen LogP contribution in [-0.2, 0) is 53.7 Å². The van der Waals surface area contributed by atoms with Gasteiger partial charge in [0, 0.05) is 90.7 Å². The van der Waals surface area contributed by atoms with Crippen molar-refractivity contribution in [1.82, 2.24) is 0 Å². The summed E-state index contributed by atoms with van der Waals surface area (Å²) in [5.41, 5.74) is 17.6. The van der Waals surface area contributed by atoms with E-state index in [0.29, 0.717) is 27.8 Å². The van der Waals surface area contributed by atoms with E-state index in [0.717, 1.165) is 78.4 Å². The zero-order valence-electron chi connectivity index (χ0n) is 68.9. The van der Waals surface area contributed by atoms with E-state index in [1.807, 2.05) is 249 Å². The SMILES string of the molecule is [2H]C([2H])([2H])c1ccc(-c2cc(C([2H])(C)C)c(C([2H])(C)C)c[n+]2C)c(C)c1.[2H]C([2H])([2H])c1ccc(-c2ccc(C([2H])([2H])C(C)C)c[n+]2C)c(C)c1.[2H]C([2H])(c1c[n+](C)c(-c2ccccc2C)cc1C)C(C)C.[2H]C([2H])(c1cc(-c2ccccc2C)[n+](C)cc1C([2H])([2H])C(C)C)C(C)C. The summed E-state index contributed by atoms with van der Waals surface area (Å²) in [7, 11) is 7.69. The molecule has 0 unspecified atom stereocenters. The number of aromatic nitrogens is 4. The van der Waals surface area contributed by atoms with Gasteiger partial charge >= 0.3 is 0 Å². The third-order valence-corrected chi connectivity index (χ3v) is 13.9. The van der Waals surface area contributed by atoms with Crippen LogP contribution in [0.4, 0.5) is 0 Å². The lowest BCUT2D eigenvalue weighted by Gasteiger charge is -2.16. The Morgan fingerprint density at radius 3 is 1.22 bits per heavy atom. The second-order valence-electron chi connectivity index (χ2n) is 23.4. The van der Waals surface area contributed by atoms with Crippen LogP contribution in [-0.4, -0.2) is 0 Å². The van der Waals surface area contributed by atoms with Crippen LogP contribution in [0.5, 0.6) is 0 Å². The van der Waals surface area contributed by atoms with E-state index in [2.05, 4.69) is 25.1 Å². The highest BCUT2D eigenvalue weighted by Crippen LogP contribution is 2.31. The van der Waals surface area contributed by atoms with Crippen LogP contribution in [0, 0.1) is 72.0 Å². The molecule has 0 amide bonds. The first kappa shape index (κ1) is 45.1. The first-order valence-electron chi connectivity index (χ1n) is 36.7. The van der Waals surface area contributed by atoms with Crippen molar-refractivity contribution < 1.29 is 40.2 Å². The lowest BCUT2D eigenvalue weighted by atomic mass is 9.90. The minimum Gasteiger partial charge on any atom is -0.201 e. The summed E-state index contributed by atoms with van der Waals surface area (Å²) in [6.45, 7) is 27.9. The van der Waals surface area contributed by atoms with Crippen molar-refractivity contribution in [3.8, 4) is 45.0 Å². The largest absolute Gasteiger partial charge is 0.212 e. The average Bonchev–Trinajstić information content (AvgIpc) is 0.752. The molecule has 0 fully saturated rings. The van der Waals surface area contributed by atoms with Crippen molar-refractivity contribution in [3.63, 3.8) is 0 Å². The molecule has 0 aliphatic rings. The number of aryl methyl sites for hydroxylation is 11. The number of rotatable bonds is 14. The van der Waals surface area contributed by atoms with Gasteiger partial charge in [0.25, 0.3) is 0 Å². The molecule has 0 N–H and O–H groups in total. The summed E-state index contributed by atoms with van der Waals surface area (Å²) in [6, 6.07) is 36.3. The van der Waals surface area contributed by atoms with Gasteiger partial charge in [0.05, 0.1) is 0 Å². The Kier molecular flexibility index (Phi) is 16.7. The van der Waals surface area contributed by atoms with Crippen LogP contribution in [0.3, 0.4) is 0 Å². The molecule has 0 aliphatic heterocycles. The summed E-state index contributed by atoms with van der Waals surface area (Å²) in [4.78, 5) is 0. The number of hydrogen-bond donors (Lipinski definition) is 0. The molecule has 0 aliphatic carbocycles. The second-order valence-corrected chi connectivity index (χ2v) is 23.4. The van der Waals surface area contributed by atoms with E-state index in [1.54, 1.807) is 30.5 Å². The fourth-order valence-electron chi connectivity index (χ4n) is 9.91. The van der Waals surface area contributed by atoms with E-state index in [1.165, 1.54) is 11.1 Å². The molecular weight excluding hydrogens is 981 g/mol. The van der Waals surface area contributed by atoms with Gasteiger partial charge in [-0.05, 0) is 179 Å². The van der Waals surface area contributed by atoms with Gasteiger partial charge in [0.2, 0.25) is 22.8 Å². The van der Waals surface area contributed by atoms with Gasteiger partial charge in [-0.15, -0.1) is 0 Å². The maximum atomic E-state index is 8.66. The Labute approximate surface area is 516 Å². The summed E-state index contributed by atoms with van der Waals surface area (Å²) < 4.78 is 138. The second kappa shape index (κ2) is 30.0. The van der Waals surface area contributed by atoms with E-state index < -0.39 is 51.0 Å². The first-order chi connectivity index (χ1) is 44.2. The summed E-state index contributed by atoms with van der Waals surface area (Å²) in [5.74, 6) is -2.35. The number of pyridine rings is 4. The molecule has 4 aromatic carbocycles. The molecule has 0 radical (unpaired) electrons.